The van der Waals surface area contributed by atoms with E-state index in [2.05, 4.69) is 10.6 Å². The van der Waals surface area contributed by atoms with E-state index in [0.29, 0.717) is 30.9 Å². The van der Waals surface area contributed by atoms with Crippen molar-refractivity contribution < 1.29 is 13.2 Å². The average Bonchev–Trinajstić information content (AvgIpc) is 2.76. The highest BCUT2D eigenvalue weighted by molar-refractivity contribution is 7.89. The van der Waals surface area contributed by atoms with Crippen molar-refractivity contribution in [2.45, 2.75) is 24.3 Å². The molecule has 8 heteroatoms. The summed E-state index contributed by atoms with van der Waals surface area (Å²) in [6, 6.07) is 3.13. The van der Waals surface area contributed by atoms with Crippen molar-refractivity contribution in [3.63, 3.8) is 0 Å². The fourth-order valence-corrected chi connectivity index (χ4v) is 4.76. The Kier molecular flexibility index (Phi) is 3.69. The number of nitrogens with zero attached hydrogens (tertiary/aromatic N) is 1. The molecule has 1 amide bonds. The third-order valence-electron chi connectivity index (χ3n) is 3.73. The highest BCUT2D eigenvalue weighted by atomic mass is 35.5. The van der Waals surface area contributed by atoms with Crippen LogP contribution in [0, 0.1) is 0 Å². The largest absolute Gasteiger partial charge is 0.325 e. The van der Waals surface area contributed by atoms with Gasteiger partial charge in [-0.25, -0.2) is 8.42 Å². The van der Waals surface area contributed by atoms with E-state index in [1.807, 2.05) is 6.92 Å². The highest BCUT2D eigenvalue weighted by Gasteiger charge is 2.32. The molecule has 0 spiro atoms. The SMILES string of the molecule is C[C@@H]1CN(S(=O)(=O)c2cc3c(cc2Cl)NC(=O)C3)CCN1. The number of rotatable bonds is 2. The van der Waals surface area contributed by atoms with Crippen LogP contribution in [0.4, 0.5) is 5.69 Å². The van der Waals surface area contributed by atoms with E-state index in [4.69, 9.17) is 11.6 Å². The van der Waals surface area contributed by atoms with Crippen LogP contribution in [-0.2, 0) is 21.2 Å². The van der Waals surface area contributed by atoms with Gasteiger partial charge >= 0.3 is 0 Å². The van der Waals surface area contributed by atoms with E-state index in [1.54, 1.807) is 0 Å². The molecule has 1 atom stereocenters. The van der Waals surface area contributed by atoms with Crippen LogP contribution in [0.5, 0.6) is 0 Å². The normalized spacial score (nSPS) is 23.0. The fraction of sp³-hybridized carbons (Fsp3) is 0.462. The quantitative estimate of drug-likeness (QED) is 0.842. The molecule has 1 aromatic rings. The number of piperazine rings is 1. The summed E-state index contributed by atoms with van der Waals surface area (Å²) in [6.45, 7) is 3.38. The fourth-order valence-electron chi connectivity index (χ4n) is 2.68. The van der Waals surface area contributed by atoms with E-state index in [9.17, 15) is 13.2 Å². The molecular weight excluding hydrogens is 314 g/mol. The van der Waals surface area contributed by atoms with Crippen LogP contribution in [0.15, 0.2) is 17.0 Å². The molecule has 2 N–H and O–H groups in total. The van der Waals surface area contributed by atoms with Crippen molar-refractivity contribution in [3.05, 3.63) is 22.7 Å². The third kappa shape index (κ3) is 2.66. The molecule has 21 heavy (non-hydrogen) atoms. The van der Waals surface area contributed by atoms with Crippen LogP contribution in [0.2, 0.25) is 5.02 Å². The number of sulfonamides is 1. The molecular formula is C13H16ClN3O3S. The lowest BCUT2D eigenvalue weighted by Gasteiger charge is -2.31. The van der Waals surface area contributed by atoms with Gasteiger partial charge in [-0.3, -0.25) is 4.79 Å². The molecule has 0 aliphatic carbocycles. The molecule has 1 fully saturated rings. The lowest BCUT2D eigenvalue weighted by atomic mass is 10.2. The summed E-state index contributed by atoms with van der Waals surface area (Å²) >= 11 is 6.12. The summed E-state index contributed by atoms with van der Waals surface area (Å²) < 4.78 is 26.9. The summed E-state index contributed by atoms with van der Waals surface area (Å²) in [5.74, 6) is -0.147. The second-order valence-electron chi connectivity index (χ2n) is 5.38. The summed E-state index contributed by atoms with van der Waals surface area (Å²) in [5.41, 5.74) is 1.27. The molecule has 6 nitrogen and oxygen atoms in total. The van der Waals surface area contributed by atoms with Gasteiger partial charge in [-0.1, -0.05) is 11.6 Å². The van der Waals surface area contributed by atoms with Gasteiger partial charge in [0.05, 0.1) is 11.4 Å². The van der Waals surface area contributed by atoms with Crippen molar-refractivity contribution in [1.29, 1.82) is 0 Å². The second-order valence-corrected chi connectivity index (χ2v) is 7.70. The highest BCUT2D eigenvalue weighted by Crippen LogP contribution is 2.33. The Morgan fingerprint density at radius 2 is 2.14 bits per heavy atom. The van der Waals surface area contributed by atoms with Gasteiger partial charge < -0.3 is 10.6 Å². The number of hydrogen-bond donors (Lipinski definition) is 2. The molecule has 114 valence electrons. The first-order valence-corrected chi connectivity index (χ1v) is 8.55. The van der Waals surface area contributed by atoms with Crippen molar-refractivity contribution in [2.24, 2.45) is 0 Å². The Hall–Kier alpha value is -1.15. The number of halogens is 1. The summed E-state index contributed by atoms with van der Waals surface area (Å²) in [5, 5.41) is 6.01. The third-order valence-corrected chi connectivity index (χ3v) is 6.06. The standard InChI is InChI=1S/C13H16ClN3O3S/c1-8-7-17(3-2-15-8)21(19,20)12-4-9-5-13(18)16-11(9)6-10(12)14/h4,6,8,15H,2-3,5,7H2,1H3,(H,16,18)/t8-/m1/s1. The zero-order chi connectivity index (χ0) is 15.2. The van der Waals surface area contributed by atoms with E-state index in [1.165, 1.54) is 16.4 Å². The number of fused-ring (bicyclic) bond motifs is 1. The summed E-state index contributed by atoms with van der Waals surface area (Å²) in [6.07, 6.45) is 0.187. The molecule has 0 bridgehead atoms. The minimum atomic E-state index is -3.64. The molecule has 2 aliphatic heterocycles. The molecule has 0 saturated carbocycles. The number of carbonyl (C=O) groups excluding carboxylic acids is 1. The monoisotopic (exact) mass is 329 g/mol. The molecule has 0 aromatic heterocycles. The Balaban J connectivity index is 2.00. The lowest BCUT2D eigenvalue weighted by molar-refractivity contribution is -0.115. The molecule has 2 heterocycles. The predicted molar refractivity (Wildman–Crippen MR) is 80.0 cm³/mol. The number of hydrogen-bond acceptors (Lipinski definition) is 4. The van der Waals surface area contributed by atoms with Gasteiger partial charge in [0.25, 0.3) is 0 Å². The van der Waals surface area contributed by atoms with E-state index < -0.39 is 10.0 Å². The first-order valence-electron chi connectivity index (χ1n) is 6.74. The van der Waals surface area contributed by atoms with Crippen molar-refractivity contribution in [3.8, 4) is 0 Å². The number of carbonyl (C=O) groups is 1. The molecule has 0 unspecified atom stereocenters. The van der Waals surface area contributed by atoms with Gasteiger partial charge in [-0.15, -0.1) is 0 Å². The predicted octanol–water partition coefficient (Wildman–Crippen LogP) is 0.817. The number of amides is 1. The van der Waals surface area contributed by atoms with Gasteiger partial charge in [0.15, 0.2) is 0 Å². The Morgan fingerprint density at radius 1 is 1.38 bits per heavy atom. The zero-order valence-corrected chi connectivity index (χ0v) is 13.1. The Morgan fingerprint density at radius 3 is 2.86 bits per heavy atom. The molecule has 0 radical (unpaired) electrons. The first-order chi connectivity index (χ1) is 9.88. The maximum absolute atomic E-state index is 12.7. The van der Waals surface area contributed by atoms with Crippen LogP contribution in [-0.4, -0.2) is 44.3 Å². The summed E-state index contributed by atoms with van der Waals surface area (Å²) in [7, 11) is -3.64. The molecule has 1 aromatic carbocycles. The number of nitrogens with one attached hydrogen (secondary N) is 2. The topological polar surface area (TPSA) is 78.5 Å². The van der Waals surface area contributed by atoms with Crippen LogP contribution < -0.4 is 10.6 Å². The smallest absolute Gasteiger partial charge is 0.244 e. The molecule has 3 rings (SSSR count). The van der Waals surface area contributed by atoms with Gasteiger partial charge in [-0.05, 0) is 24.6 Å². The number of benzene rings is 1. The van der Waals surface area contributed by atoms with Gasteiger partial charge in [0.2, 0.25) is 15.9 Å². The Labute approximate surface area is 128 Å². The molecule has 2 aliphatic rings. The molecule has 1 saturated heterocycles. The zero-order valence-electron chi connectivity index (χ0n) is 11.5. The second kappa shape index (κ2) is 5.24. The van der Waals surface area contributed by atoms with E-state index in [0.717, 1.165) is 0 Å². The van der Waals surface area contributed by atoms with Gasteiger partial charge in [-0.2, -0.15) is 4.31 Å². The first kappa shape index (κ1) is 14.8. The summed E-state index contributed by atoms with van der Waals surface area (Å²) in [4.78, 5) is 11.5. The number of anilines is 1. The minimum Gasteiger partial charge on any atom is -0.325 e. The van der Waals surface area contributed by atoms with Crippen molar-refractivity contribution >= 4 is 33.2 Å². The van der Waals surface area contributed by atoms with Crippen molar-refractivity contribution in [2.75, 3.05) is 25.0 Å². The van der Waals surface area contributed by atoms with Crippen LogP contribution in [0.1, 0.15) is 12.5 Å². The lowest BCUT2D eigenvalue weighted by Crippen LogP contribution is -2.51. The van der Waals surface area contributed by atoms with Crippen molar-refractivity contribution in [1.82, 2.24) is 9.62 Å². The van der Waals surface area contributed by atoms with Gasteiger partial charge in [0.1, 0.15) is 4.90 Å². The Bertz CT molecular complexity index is 705. The van der Waals surface area contributed by atoms with E-state index >= 15 is 0 Å². The van der Waals surface area contributed by atoms with E-state index in [-0.39, 0.29) is 28.3 Å². The maximum atomic E-state index is 12.7. The maximum Gasteiger partial charge on any atom is 0.244 e. The van der Waals surface area contributed by atoms with Crippen LogP contribution in [0.3, 0.4) is 0 Å². The minimum absolute atomic E-state index is 0.0773. The van der Waals surface area contributed by atoms with Crippen LogP contribution in [0.25, 0.3) is 0 Å². The van der Waals surface area contributed by atoms with Gasteiger partial charge in [0, 0.05) is 31.4 Å². The van der Waals surface area contributed by atoms with Crippen LogP contribution >= 0.6 is 11.6 Å². The average molecular weight is 330 g/mol.